The number of hydrogen-bond acceptors (Lipinski definition) is 12. The normalized spacial score (nSPS) is 19.1. The zero-order chi connectivity index (χ0) is 61.7. The molecule has 1 saturated heterocycles. The van der Waals surface area contributed by atoms with Crippen LogP contribution in [0.25, 0.3) is 34.0 Å². The molecule has 3 saturated carbocycles. The number of pyridine rings is 1. The van der Waals surface area contributed by atoms with Crippen LogP contribution >= 0.6 is 0 Å². The van der Waals surface area contributed by atoms with Crippen LogP contribution < -0.4 is 21.3 Å². The minimum atomic E-state index is -5.02. The Bertz CT molecular complexity index is 3380. The molecule has 3 aliphatic carbocycles. The quantitative estimate of drug-likeness (QED) is 0.0494. The number of Topliss-reactive ketones (excluding diaryl/α,β-unsaturated/α-hetero) is 1. The van der Waals surface area contributed by atoms with Crippen molar-refractivity contribution in [2.75, 3.05) is 6.54 Å². The molecule has 0 spiro atoms. The number of carbonyl (C=O) groups excluding carboxylic acids is 6. The van der Waals surface area contributed by atoms with Crippen molar-refractivity contribution in [1.29, 1.82) is 0 Å². The number of benzene rings is 2. The zero-order valence-corrected chi connectivity index (χ0v) is 47.9. The predicted octanol–water partition coefficient (Wildman–Crippen LogP) is 9.18. The van der Waals surface area contributed by atoms with Crippen molar-refractivity contribution in [3.8, 4) is 34.0 Å². The first-order valence-corrected chi connectivity index (χ1v) is 28.9. The Morgan fingerprint density at radius 1 is 0.744 bits per heavy atom. The number of imidazole rings is 1. The molecule has 6 atom stereocenters. The Morgan fingerprint density at radius 3 is 2.14 bits per heavy atom. The lowest BCUT2D eigenvalue weighted by atomic mass is 9.82. The number of aromatic nitrogens is 7. The summed E-state index contributed by atoms with van der Waals surface area (Å²) in [5.41, 5.74) is -2.57. The highest BCUT2D eigenvalue weighted by molar-refractivity contribution is 6.38. The van der Waals surface area contributed by atoms with Crippen molar-refractivity contribution in [2.45, 2.75) is 154 Å². The monoisotopic (exact) mass is 1200 g/mol. The fourth-order valence-electron chi connectivity index (χ4n) is 11.6. The standard InChI is InChI=1S/C36H53N7O6.C25H14F7N5/c1-5-10-25(29(44)34(48)39-23-15-16-23)40-33(47)28-24-14-9-13-22(24)20-43(28)35(49)30(36(2,3)4)42-32(46)27(21-11-7-6-8-12-21)41-31(45)26-19-37-17-18-38-26;26-19-4-2-1-3-17(19)23-33-21-9-10-37(13-22(21)34-23)12-15-6-8-20(36-35-15)16-7-5-14(24(27,28)29)11-18(16)25(30,31)32/h17-19,21-25,27-28,30H,5-16,20H2,1-4H3,(H,39,48)(H,40,47)(H,41,45)(H,42,46);1-11,13H,12H2/t22-,24-,25-,27-,28-,30+;/m0./s1. The molecule has 0 bridgehead atoms. The molecule has 2 aromatic heterocycles. The number of amides is 5. The van der Waals surface area contributed by atoms with Crippen LogP contribution in [0.15, 0.2) is 91.6 Å². The first kappa shape index (κ1) is 62.3. The lowest BCUT2D eigenvalue weighted by Gasteiger charge is -2.38. The molecule has 86 heavy (non-hydrogen) atoms. The van der Waals surface area contributed by atoms with Gasteiger partial charge in [-0.25, -0.2) is 19.3 Å². The number of halogens is 7. The number of carbonyl (C=O) groups is 6. The number of nitrogens with one attached hydrogen (secondary N) is 4. The number of fused-ring (bicyclic) bond motifs is 2. The Morgan fingerprint density at radius 2 is 1.49 bits per heavy atom. The molecular formula is C61H67F7N12O6. The summed E-state index contributed by atoms with van der Waals surface area (Å²) in [5.74, 6) is -3.43. The molecule has 456 valence electrons. The molecule has 0 unspecified atom stereocenters. The Balaban J connectivity index is 0.000000213. The molecule has 18 nitrogen and oxygen atoms in total. The molecule has 4 aromatic rings. The molecule has 6 aliphatic rings. The second-order valence-electron chi connectivity index (χ2n) is 23.6. The molecule has 25 heteroatoms. The maximum absolute atomic E-state index is 14.6. The number of nitrogens with zero attached hydrogens (tertiary/aromatic N) is 8. The molecule has 2 aromatic carbocycles. The van der Waals surface area contributed by atoms with E-state index in [1.54, 1.807) is 46.1 Å². The van der Waals surface area contributed by atoms with Crippen LogP contribution in [0.5, 0.6) is 0 Å². The van der Waals surface area contributed by atoms with E-state index in [0.29, 0.717) is 42.5 Å². The summed E-state index contributed by atoms with van der Waals surface area (Å²) in [6, 6.07) is 8.16. The largest absolute Gasteiger partial charge is 0.417 e. The average molecular weight is 1200 g/mol. The van der Waals surface area contributed by atoms with Crippen LogP contribution in [0, 0.1) is 29.0 Å². The van der Waals surface area contributed by atoms with Gasteiger partial charge in [0, 0.05) is 42.9 Å². The van der Waals surface area contributed by atoms with Crippen LogP contribution in [-0.2, 0) is 42.9 Å². The molecule has 4 N–H and O–H groups in total. The first-order chi connectivity index (χ1) is 40.9. The number of likely N-dealkylation sites (tertiary alicyclic amines) is 1. The third-order valence-electron chi connectivity index (χ3n) is 16.2. The SMILES string of the molecule is CCC[C@H](NC(=O)[C@@H]1[C@H]2CCC[C@H]2CN1C(=O)[C@@H](NC(=O)[C@@H](NC(=O)c1cnccn1)C1CCCCC1)C(C)(C)C)C(=O)C(=O)NC1CC1.Fc1ccccc1-c1nc2ccn(Cc3ccc(-c4ccc(C(F)(F)F)cc4C(F)(F)F)nn3)cc-2n1. The van der Waals surface area contributed by atoms with Gasteiger partial charge in [0.1, 0.15) is 35.3 Å². The van der Waals surface area contributed by atoms with Crippen LogP contribution in [0.3, 0.4) is 0 Å². The van der Waals surface area contributed by atoms with E-state index < -0.39 is 93.9 Å². The number of rotatable bonds is 17. The lowest BCUT2D eigenvalue weighted by Crippen LogP contribution is -2.62. The van der Waals surface area contributed by atoms with Gasteiger partial charge >= 0.3 is 12.4 Å². The van der Waals surface area contributed by atoms with E-state index in [-0.39, 0.29) is 65.1 Å². The zero-order valence-electron chi connectivity index (χ0n) is 47.9. The second-order valence-corrected chi connectivity index (χ2v) is 23.6. The maximum atomic E-state index is 14.6. The molecule has 5 heterocycles. The molecular weight excluding hydrogens is 1130 g/mol. The Labute approximate surface area is 491 Å². The number of hydrogen-bond donors (Lipinski definition) is 4. The van der Waals surface area contributed by atoms with Gasteiger partial charge in [-0.2, -0.15) is 36.5 Å². The highest BCUT2D eigenvalue weighted by atomic mass is 19.4. The van der Waals surface area contributed by atoms with Crippen molar-refractivity contribution < 1.29 is 59.5 Å². The van der Waals surface area contributed by atoms with Crippen LogP contribution in [0.4, 0.5) is 30.7 Å². The van der Waals surface area contributed by atoms with Gasteiger partial charge in [0.15, 0.2) is 5.82 Å². The van der Waals surface area contributed by atoms with E-state index >= 15 is 0 Å². The summed E-state index contributed by atoms with van der Waals surface area (Å²) < 4.78 is 95.0. The molecule has 3 aliphatic heterocycles. The van der Waals surface area contributed by atoms with Gasteiger partial charge in [0.05, 0.1) is 52.6 Å². The van der Waals surface area contributed by atoms with Crippen LogP contribution in [0.1, 0.15) is 132 Å². The third-order valence-corrected chi connectivity index (χ3v) is 16.2. The third kappa shape index (κ3) is 14.9. The topological polar surface area (TPSA) is 236 Å². The Kier molecular flexibility index (Phi) is 18.9. The molecule has 0 radical (unpaired) electrons. The molecule has 4 fully saturated rings. The minimum Gasteiger partial charge on any atom is -0.347 e. The summed E-state index contributed by atoms with van der Waals surface area (Å²) in [6.07, 6.45) is 7.24. The lowest BCUT2D eigenvalue weighted by molar-refractivity contribution is -0.146. The highest BCUT2D eigenvalue weighted by Crippen LogP contribution is 2.44. The summed E-state index contributed by atoms with van der Waals surface area (Å²) in [6.45, 7) is 8.02. The van der Waals surface area contributed by atoms with Crippen molar-refractivity contribution in [1.82, 2.24) is 60.9 Å². The number of alkyl halides is 6. The van der Waals surface area contributed by atoms with E-state index in [1.165, 1.54) is 36.8 Å². The Hall–Kier alpha value is -8.25. The van der Waals surface area contributed by atoms with E-state index in [4.69, 9.17) is 0 Å². The smallest absolute Gasteiger partial charge is 0.347 e. The van der Waals surface area contributed by atoms with Crippen molar-refractivity contribution in [3.05, 3.63) is 120 Å². The van der Waals surface area contributed by atoms with Gasteiger partial charge in [-0.3, -0.25) is 33.8 Å². The maximum Gasteiger partial charge on any atom is 0.417 e. The molecule has 10 rings (SSSR count). The van der Waals surface area contributed by atoms with Crippen LogP contribution in [0.2, 0.25) is 0 Å². The van der Waals surface area contributed by atoms with E-state index in [2.05, 4.69) is 51.4 Å². The number of ketones is 1. The van der Waals surface area contributed by atoms with E-state index in [0.717, 1.165) is 70.3 Å². The highest BCUT2D eigenvalue weighted by Gasteiger charge is 2.53. The van der Waals surface area contributed by atoms with Gasteiger partial charge in [-0.15, -0.1) is 0 Å². The van der Waals surface area contributed by atoms with Crippen molar-refractivity contribution in [3.63, 3.8) is 0 Å². The molecule has 5 amide bonds. The predicted molar refractivity (Wildman–Crippen MR) is 299 cm³/mol. The fraction of sp³-hybridized carbons (Fsp3) is 0.475. The van der Waals surface area contributed by atoms with Gasteiger partial charge in [0.2, 0.25) is 23.5 Å². The first-order valence-electron chi connectivity index (χ1n) is 28.9. The van der Waals surface area contributed by atoms with E-state index in [1.807, 2.05) is 27.7 Å². The van der Waals surface area contributed by atoms with Gasteiger partial charge < -0.3 is 30.7 Å². The summed E-state index contributed by atoms with van der Waals surface area (Å²) in [4.78, 5) is 100. The fourth-order valence-corrected chi connectivity index (χ4v) is 11.6. The second kappa shape index (κ2) is 26.2. The van der Waals surface area contributed by atoms with Gasteiger partial charge in [0.25, 0.3) is 11.8 Å². The average Bonchev–Trinajstić information content (AvgIpc) is 1.89. The van der Waals surface area contributed by atoms with Crippen molar-refractivity contribution >= 4 is 35.3 Å². The van der Waals surface area contributed by atoms with Gasteiger partial charge in [-0.1, -0.05) is 78.0 Å². The van der Waals surface area contributed by atoms with E-state index in [9.17, 15) is 59.5 Å². The summed E-state index contributed by atoms with van der Waals surface area (Å²) >= 11 is 0. The van der Waals surface area contributed by atoms with Crippen molar-refractivity contribution in [2.24, 2.45) is 23.2 Å². The van der Waals surface area contributed by atoms with Gasteiger partial charge in [-0.05, 0) is 111 Å². The summed E-state index contributed by atoms with van der Waals surface area (Å²) in [5, 5.41) is 19.2. The summed E-state index contributed by atoms with van der Waals surface area (Å²) in [7, 11) is 0. The minimum absolute atomic E-state index is 0.0132. The van der Waals surface area contributed by atoms with Crippen LogP contribution in [-0.4, -0.2) is 112 Å².